The molecule has 0 aromatic heterocycles. The van der Waals surface area contributed by atoms with Crippen LogP contribution in [0.3, 0.4) is 0 Å². The van der Waals surface area contributed by atoms with E-state index in [1.807, 2.05) is 13.8 Å². The van der Waals surface area contributed by atoms with Gasteiger partial charge in [0, 0.05) is 6.04 Å². The maximum absolute atomic E-state index is 8.40. The van der Waals surface area contributed by atoms with Gasteiger partial charge in [-0.1, -0.05) is 6.92 Å². The summed E-state index contributed by atoms with van der Waals surface area (Å²) in [4.78, 5) is 0. The van der Waals surface area contributed by atoms with Crippen LogP contribution >= 0.6 is 0 Å². The summed E-state index contributed by atoms with van der Waals surface area (Å²) < 4.78 is 0. The van der Waals surface area contributed by atoms with Crippen molar-refractivity contribution in [3.63, 3.8) is 0 Å². The molecule has 2 heteroatoms. The Labute approximate surface area is 44.5 Å². The third-order valence-corrected chi connectivity index (χ3v) is 0.826. The molecule has 7 heavy (non-hydrogen) atoms. The van der Waals surface area contributed by atoms with Crippen LogP contribution in [0, 0.1) is 0 Å². The van der Waals surface area contributed by atoms with E-state index in [0.717, 1.165) is 6.54 Å². The molecule has 0 amide bonds. The van der Waals surface area contributed by atoms with Crippen LogP contribution in [0.5, 0.6) is 0 Å². The molecule has 1 atom stereocenters. The van der Waals surface area contributed by atoms with Crippen molar-refractivity contribution < 1.29 is 5.11 Å². The highest BCUT2D eigenvalue weighted by Crippen LogP contribution is 1.73. The van der Waals surface area contributed by atoms with E-state index in [4.69, 9.17) is 5.11 Å². The smallest absolute Gasteiger partial charge is 0.0581 e. The third kappa shape index (κ3) is 3.76. The van der Waals surface area contributed by atoms with Gasteiger partial charge in [-0.05, 0) is 13.5 Å². The van der Waals surface area contributed by atoms with Gasteiger partial charge in [-0.15, -0.1) is 0 Å². The van der Waals surface area contributed by atoms with Crippen LogP contribution in [0.2, 0.25) is 0 Å². The van der Waals surface area contributed by atoms with Crippen LogP contribution < -0.4 is 5.32 Å². The maximum atomic E-state index is 8.40. The minimum atomic E-state index is 0.230. The quantitative estimate of drug-likeness (QED) is 0.526. The Morgan fingerprint density at radius 1 is 1.71 bits per heavy atom. The Morgan fingerprint density at radius 2 is 2.29 bits per heavy atom. The molecule has 0 saturated carbocycles. The summed E-state index contributed by atoms with van der Waals surface area (Å²) in [6.45, 7) is 5.13. The zero-order valence-corrected chi connectivity index (χ0v) is 4.94. The van der Waals surface area contributed by atoms with Crippen molar-refractivity contribution >= 4 is 0 Å². The van der Waals surface area contributed by atoms with Crippen LogP contribution in [-0.4, -0.2) is 24.3 Å². The molecule has 0 aliphatic carbocycles. The Hall–Kier alpha value is -0.0800. The highest BCUT2D eigenvalue weighted by molar-refractivity contribution is 4.53. The largest absolute Gasteiger partial charge is 0.395 e. The van der Waals surface area contributed by atoms with Crippen molar-refractivity contribution in [1.82, 2.24) is 5.32 Å². The van der Waals surface area contributed by atoms with Crippen LogP contribution in [0.25, 0.3) is 0 Å². The predicted molar refractivity (Wildman–Crippen MR) is 30.2 cm³/mol. The number of nitrogens with one attached hydrogen (secondary N) is 1. The number of hydrogen-bond donors (Lipinski definition) is 2. The summed E-state index contributed by atoms with van der Waals surface area (Å²) in [6, 6.07) is 0.255. The molecule has 2 nitrogen and oxygen atoms in total. The van der Waals surface area contributed by atoms with Crippen molar-refractivity contribution in [3.05, 3.63) is 0 Å². The first-order valence-corrected chi connectivity index (χ1v) is 2.65. The van der Waals surface area contributed by atoms with Crippen LogP contribution in [0.4, 0.5) is 0 Å². The van der Waals surface area contributed by atoms with E-state index in [9.17, 15) is 0 Å². The van der Waals surface area contributed by atoms with Crippen LogP contribution in [0.1, 0.15) is 13.8 Å². The molecule has 0 aromatic rings. The van der Waals surface area contributed by atoms with Gasteiger partial charge in [0.2, 0.25) is 0 Å². The van der Waals surface area contributed by atoms with Gasteiger partial charge in [0.05, 0.1) is 6.61 Å². The SMILES string of the molecule is CCNC(C)CO. The summed E-state index contributed by atoms with van der Waals surface area (Å²) in [6.07, 6.45) is 0. The molecule has 0 spiro atoms. The summed E-state index contributed by atoms with van der Waals surface area (Å²) in [5, 5.41) is 11.4. The fourth-order valence-corrected chi connectivity index (χ4v) is 0.413. The molecule has 0 aliphatic rings. The van der Waals surface area contributed by atoms with Crippen molar-refractivity contribution in [2.45, 2.75) is 19.9 Å². The Bertz CT molecular complexity index is 39.1. The molecule has 2 N–H and O–H groups in total. The Balaban J connectivity index is 2.83. The average molecular weight is 103 g/mol. The third-order valence-electron chi connectivity index (χ3n) is 0.826. The van der Waals surface area contributed by atoms with E-state index < -0.39 is 0 Å². The van der Waals surface area contributed by atoms with E-state index in [-0.39, 0.29) is 12.6 Å². The lowest BCUT2D eigenvalue weighted by Gasteiger charge is -2.05. The van der Waals surface area contributed by atoms with Crippen LogP contribution in [-0.2, 0) is 0 Å². The number of likely N-dealkylation sites (N-methyl/N-ethyl adjacent to an activating group) is 1. The molecule has 0 fully saturated rings. The topological polar surface area (TPSA) is 32.3 Å². The normalized spacial score (nSPS) is 14.1. The molecule has 0 aromatic carbocycles. The molecule has 0 radical (unpaired) electrons. The van der Waals surface area contributed by atoms with E-state index in [1.165, 1.54) is 0 Å². The molecule has 44 valence electrons. The summed E-state index contributed by atoms with van der Waals surface area (Å²) in [5.41, 5.74) is 0. The van der Waals surface area contributed by atoms with E-state index in [2.05, 4.69) is 5.32 Å². The van der Waals surface area contributed by atoms with E-state index >= 15 is 0 Å². The fraction of sp³-hybridized carbons (Fsp3) is 1.00. The molecule has 0 aliphatic heterocycles. The van der Waals surface area contributed by atoms with Crippen molar-refractivity contribution in [3.8, 4) is 0 Å². The predicted octanol–water partition coefficient (Wildman–Crippen LogP) is -0.0233. The van der Waals surface area contributed by atoms with E-state index in [0.29, 0.717) is 0 Å². The molecular weight excluding hydrogens is 90.1 g/mol. The first-order chi connectivity index (χ1) is 3.31. The van der Waals surface area contributed by atoms with Gasteiger partial charge in [-0.25, -0.2) is 0 Å². The van der Waals surface area contributed by atoms with E-state index in [1.54, 1.807) is 0 Å². The molecular formula is C5H13NO. The monoisotopic (exact) mass is 103 g/mol. The van der Waals surface area contributed by atoms with Gasteiger partial charge in [-0.3, -0.25) is 0 Å². The Morgan fingerprint density at radius 3 is 2.43 bits per heavy atom. The number of aliphatic hydroxyl groups is 1. The second-order valence-corrected chi connectivity index (χ2v) is 1.64. The van der Waals surface area contributed by atoms with Crippen molar-refractivity contribution in [2.24, 2.45) is 0 Å². The second-order valence-electron chi connectivity index (χ2n) is 1.64. The molecule has 0 saturated heterocycles. The first-order valence-electron chi connectivity index (χ1n) is 2.65. The van der Waals surface area contributed by atoms with Crippen molar-refractivity contribution in [2.75, 3.05) is 13.2 Å². The second kappa shape index (κ2) is 4.09. The lowest BCUT2D eigenvalue weighted by molar-refractivity contribution is 0.253. The summed E-state index contributed by atoms with van der Waals surface area (Å²) in [5.74, 6) is 0. The zero-order chi connectivity index (χ0) is 5.70. The molecule has 1 unspecified atom stereocenters. The fourth-order valence-electron chi connectivity index (χ4n) is 0.413. The summed E-state index contributed by atoms with van der Waals surface area (Å²) in [7, 11) is 0. The molecule has 0 rings (SSSR count). The standard InChI is InChI=1S/C5H13NO/c1-3-6-5(2)4-7/h5-7H,3-4H2,1-2H3. The Kier molecular flexibility index (Phi) is 4.04. The highest BCUT2D eigenvalue weighted by Gasteiger charge is 1.91. The summed E-state index contributed by atoms with van der Waals surface area (Å²) >= 11 is 0. The molecule has 0 bridgehead atoms. The number of hydrogen-bond acceptors (Lipinski definition) is 2. The van der Waals surface area contributed by atoms with Gasteiger partial charge >= 0.3 is 0 Å². The van der Waals surface area contributed by atoms with Gasteiger partial charge in [0.25, 0.3) is 0 Å². The zero-order valence-electron chi connectivity index (χ0n) is 4.94. The maximum Gasteiger partial charge on any atom is 0.0581 e. The van der Waals surface area contributed by atoms with Gasteiger partial charge in [0.15, 0.2) is 0 Å². The number of rotatable bonds is 3. The minimum Gasteiger partial charge on any atom is -0.395 e. The first kappa shape index (κ1) is 6.92. The van der Waals surface area contributed by atoms with Crippen molar-refractivity contribution in [1.29, 1.82) is 0 Å². The van der Waals surface area contributed by atoms with Gasteiger partial charge in [-0.2, -0.15) is 0 Å². The van der Waals surface area contributed by atoms with Gasteiger partial charge < -0.3 is 10.4 Å². The minimum absolute atomic E-state index is 0.230. The van der Waals surface area contributed by atoms with Gasteiger partial charge in [0.1, 0.15) is 0 Å². The highest BCUT2D eigenvalue weighted by atomic mass is 16.3. The van der Waals surface area contributed by atoms with Crippen LogP contribution in [0.15, 0.2) is 0 Å². The average Bonchev–Trinajstić information content (AvgIpc) is 1.68. The lowest BCUT2D eigenvalue weighted by Crippen LogP contribution is -2.28. The number of aliphatic hydroxyl groups excluding tert-OH is 1. The lowest BCUT2D eigenvalue weighted by atomic mass is 10.4. The molecule has 0 heterocycles.